The molecule has 3 aromatic rings. The third-order valence-electron chi connectivity index (χ3n) is 6.47. The fraction of sp³-hybridized carbons (Fsp3) is 0.333. The molecule has 0 aromatic heterocycles. The number of aryl methyl sites for hydroxylation is 1. The summed E-state index contributed by atoms with van der Waals surface area (Å²) in [5.74, 6) is -0.214. The molecule has 0 saturated carbocycles. The van der Waals surface area contributed by atoms with E-state index in [1.807, 2.05) is 19.9 Å². The van der Waals surface area contributed by atoms with Crippen molar-refractivity contribution in [2.75, 3.05) is 24.5 Å². The Balaban J connectivity index is 2.09. The topological polar surface area (TPSA) is 96.0 Å². The van der Waals surface area contributed by atoms with Crippen LogP contribution in [0.15, 0.2) is 77.7 Å². The van der Waals surface area contributed by atoms with Crippen molar-refractivity contribution < 1.29 is 22.7 Å². The molecule has 0 bridgehead atoms. The van der Waals surface area contributed by atoms with E-state index in [0.29, 0.717) is 29.3 Å². The predicted octanol–water partition coefficient (Wildman–Crippen LogP) is 5.19. The molecule has 0 aliphatic carbocycles. The molecule has 8 nitrogen and oxygen atoms in total. The molecule has 3 aromatic carbocycles. The first-order valence-electron chi connectivity index (χ1n) is 13.2. The van der Waals surface area contributed by atoms with E-state index in [4.69, 9.17) is 16.3 Å². The molecular formula is C30H36ClN3O5S. The number of nitrogens with one attached hydrogen (secondary N) is 1. The largest absolute Gasteiger partial charge is 0.497 e. The first-order valence-corrected chi connectivity index (χ1v) is 15.0. The minimum atomic E-state index is -4.17. The normalized spacial score (nSPS) is 11.9. The molecule has 3 rings (SSSR count). The van der Waals surface area contributed by atoms with Gasteiger partial charge in [0.1, 0.15) is 18.3 Å². The van der Waals surface area contributed by atoms with Crippen LogP contribution in [0.4, 0.5) is 5.69 Å². The van der Waals surface area contributed by atoms with Gasteiger partial charge in [0.15, 0.2) is 0 Å². The molecule has 0 radical (unpaired) electrons. The molecule has 214 valence electrons. The van der Waals surface area contributed by atoms with Crippen LogP contribution >= 0.6 is 11.6 Å². The lowest BCUT2D eigenvalue weighted by Gasteiger charge is -2.33. The Morgan fingerprint density at radius 3 is 2.38 bits per heavy atom. The molecule has 1 atom stereocenters. The molecule has 0 saturated heterocycles. The van der Waals surface area contributed by atoms with Crippen molar-refractivity contribution in [2.24, 2.45) is 0 Å². The van der Waals surface area contributed by atoms with Gasteiger partial charge in [0.25, 0.3) is 10.0 Å². The molecule has 0 fully saturated rings. The second-order valence-electron chi connectivity index (χ2n) is 9.34. The van der Waals surface area contributed by atoms with Crippen LogP contribution in [0.5, 0.6) is 5.75 Å². The maximum Gasteiger partial charge on any atom is 0.264 e. The Kier molecular flexibility index (Phi) is 11.0. The molecule has 2 amide bonds. The van der Waals surface area contributed by atoms with Crippen molar-refractivity contribution in [1.82, 2.24) is 10.2 Å². The molecule has 0 heterocycles. The molecule has 40 heavy (non-hydrogen) atoms. The number of amides is 2. The maximum absolute atomic E-state index is 14.1. The second-order valence-corrected chi connectivity index (χ2v) is 11.6. The van der Waals surface area contributed by atoms with Crippen LogP contribution in [-0.2, 0) is 26.2 Å². The number of anilines is 1. The number of carbonyl (C=O) groups is 2. The summed E-state index contributed by atoms with van der Waals surface area (Å²) in [5, 5.41) is 3.21. The molecule has 1 N–H and O–H groups in total. The number of hydrogen-bond acceptors (Lipinski definition) is 5. The highest BCUT2D eigenvalue weighted by molar-refractivity contribution is 7.92. The lowest BCUT2D eigenvalue weighted by molar-refractivity contribution is -0.140. The Morgan fingerprint density at radius 1 is 1.00 bits per heavy atom. The number of rotatable bonds is 13. The van der Waals surface area contributed by atoms with Gasteiger partial charge in [-0.1, -0.05) is 61.8 Å². The first kappa shape index (κ1) is 31.0. The highest BCUT2D eigenvalue weighted by Crippen LogP contribution is 2.30. The van der Waals surface area contributed by atoms with Crippen LogP contribution in [0.25, 0.3) is 0 Å². The third-order valence-corrected chi connectivity index (χ3v) is 8.48. The molecule has 10 heteroatoms. The fourth-order valence-corrected chi connectivity index (χ4v) is 6.00. The van der Waals surface area contributed by atoms with Crippen molar-refractivity contribution in [1.29, 1.82) is 0 Å². The van der Waals surface area contributed by atoms with E-state index in [-0.39, 0.29) is 23.0 Å². The predicted molar refractivity (Wildman–Crippen MR) is 158 cm³/mol. The van der Waals surface area contributed by atoms with Crippen LogP contribution in [0.3, 0.4) is 0 Å². The third kappa shape index (κ3) is 7.55. The van der Waals surface area contributed by atoms with Gasteiger partial charge in [0.2, 0.25) is 11.8 Å². The van der Waals surface area contributed by atoms with E-state index >= 15 is 0 Å². The SMILES string of the molecule is CCCNC(=O)[C@H](CC)N(Cc1cccc(OC)c1)C(=O)CN(c1cc(Cl)ccc1C)S(=O)(=O)c1ccccc1. The number of hydrogen-bond donors (Lipinski definition) is 1. The van der Waals surface area contributed by atoms with Crippen LogP contribution in [0.2, 0.25) is 5.02 Å². The molecule has 0 aliphatic heterocycles. The smallest absolute Gasteiger partial charge is 0.264 e. The molecular weight excluding hydrogens is 550 g/mol. The van der Waals surface area contributed by atoms with Crippen LogP contribution < -0.4 is 14.4 Å². The number of benzene rings is 3. The van der Waals surface area contributed by atoms with Crippen molar-refractivity contribution in [3.05, 3.63) is 88.9 Å². The van der Waals surface area contributed by atoms with Crippen LogP contribution in [0.1, 0.15) is 37.8 Å². The van der Waals surface area contributed by atoms with E-state index in [0.717, 1.165) is 16.3 Å². The second kappa shape index (κ2) is 14.2. The zero-order valence-corrected chi connectivity index (χ0v) is 24.8. The Labute approximate surface area is 241 Å². The lowest BCUT2D eigenvalue weighted by atomic mass is 10.1. The molecule has 0 aliphatic rings. The van der Waals surface area contributed by atoms with Gasteiger partial charge in [-0.3, -0.25) is 13.9 Å². The van der Waals surface area contributed by atoms with Gasteiger partial charge in [-0.05, 0) is 67.3 Å². The number of sulfonamides is 1. The van der Waals surface area contributed by atoms with Gasteiger partial charge in [-0.15, -0.1) is 0 Å². The Hall–Kier alpha value is -3.56. The highest BCUT2D eigenvalue weighted by atomic mass is 35.5. The standard InChI is InChI=1S/C30H36ClN3O5S/c1-5-17-32-30(36)27(6-2)33(20-23-11-10-12-25(18-23)39-4)29(35)21-34(28-19-24(31)16-15-22(28)3)40(37,38)26-13-8-7-9-14-26/h7-16,18-19,27H,5-6,17,20-21H2,1-4H3,(H,32,36)/t27-/m0/s1. The van der Waals surface area contributed by atoms with Gasteiger partial charge >= 0.3 is 0 Å². The number of ether oxygens (including phenoxy) is 1. The summed E-state index contributed by atoms with van der Waals surface area (Å²) in [6, 6.07) is 19.2. The first-order chi connectivity index (χ1) is 19.1. The molecule has 0 unspecified atom stereocenters. The summed E-state index contributed by atoms with van der Waals surface area (Å²) in [6.45, 7) is 5.54. The number of halogens is 1. The molecule has 0 spiro atoms. The van der Waals surface area contributed by atoms with Gasteiger partial charge in [0, 0.05) is 18.1 Å². The minimum Gasteiger partial charge on any atom is -0.497 e. The van der Waals surface area contributed by atoms with Gasteiger partial charge < -0.3 is 15.0 Å². The summed E-state index contributed by atoms with van der Waals surface area (Å²) in [4.78, 5) is 28.8. The van der Waals surface area contributed by atoms with Gasteiger partial charge in [-0.2, -0.15) is 0 Å². The zero-order valence-electron chi connectivity index (χ0n) is 23.3. The Bertz CT molecular complexity index is 1420. The highest BCUT2D eigenvalue weighted by Gasteiger charge is 2.34. The van der Waals surface area contributed by atoms with E-state index in [1.54, 1.807) is 62.6 Å². The van der Waals surface area contributed by atoms with Crippen molar-refractivity contribution in [3.8, 4) is 5.75 Å². The van der Waals surface area contributed by atoms with Gasteiger partial charge in [0.05, 0.1) is 17.7 Å². The van der Waals surface area contributed by atoms with E-state index < -0.39 is 28.5 Å². The number of nitrogens with zero attached hydrogens (tertiary/aromatic N) is 2. The number of methoxy groups -OCH3 is 1. The van der Waals surface area contributed by atoms with Crippen molar-refractivity contribution >= 4 is 39.1 Å². The quantitative estimate of drug-likeness (QED) is 0.298. The fourth-order valence-electron chi connectivity index (χ4n) is 4.34. The Morgan fingerprint density at radius 2 is 1.73 bits per heavy atom. The summed E-state index contributed by atoms with van der Waals surface area (Å²) in [5.41, 5.74) is 1.66. The van der Waals surface area contributed by atoms with E-state index in [2.05, 4.69) is 5.32 Å². The summed E-state index contributed by atoms with van der Waals surface area (Å²) >= 11 is 6.27. The summed E-state index contributed by atoms with van der Waals surface area (Å²) < 4.78 is 34.3. The van der Waals surface area contributed by atoms with Crippen molar-refractivity contribution in [3.63, 3.8) is 0 Å². The summed E-state index contributed by atoms with van der Waals surface area (Å²) in [7, 11) is -2.62. The zero-order chi connectivity index (χ0) is 29.3. The van der Waals surface area contributed by atoms with Crippen molar-refractivity contribution in [2.45, 2.75) is 51.1 Å². The number of carbonyl (C=O) groups excluding carboxylic acids is 2. The van der Waals surface area contributed by atoms with Crippen LogP contribution in [0, 0.1) is 6.92 Å². The monoisotopic (exact) mass is 585 g/mol. The average molecular weight is 586 g/mol. The lowest BCUT2D eigenvalue weighted by Crippen LogP contribution is -2.52. The van der Waals surface area contributed by atoms with Crippen LogP contribution in [-0.4, -0.2) is 51.4 Å². The van der Waals surface area contributed by atoms with Gasteiger partial charge in [-0.25, -0.2) is 8.42 Å². The summed E-state index contributed by atoms with van der Waals surface area (Å²) in [6.07, 6.45) is 1.08. The maximum atomic E-state index is 14.1. The van der Waals surface area contributed by atoms with E-state index in [9.17, 15) is 18.0 Å². The van der Waals surface area contributed by atoms with E-state index in [1.165, 1.54) is 23.1 Å². The minimum absolute atomic E-state index is 0.0363. The average Bonchev–Trinajstić information content (AvgIpc) is 2.96.